The van der Waals surface area contributed by atoms with E-state index in [0.29, 0.717) is 0 Å². The Kier molecular flexibility index (Phi) is 4.73. The Morgan fingerprint density at radius 3 is 2.93 bits per heavy atom. The van der Waals surface area contributed by atoms with Gasteiger partial charge in [0.2, 0.25) is 0 Å². The first-order valence-corrected chi connectivity index (χ1v) is 6.29. The average molecular weight is 245 g/mol. The van der Waals surface area contributed by atoms with Gasteiger partial charge in [-0.15, -0.1) is 0 Å². The summed E-state index contributed by atoms with van der Waals surface area (Å²) in [4.78, 5) is 13.7. The summed E-state index contributed by atoms with van der Waals surface area (Å²) < 4.78 is 3.12. The van der Waals surface area contributed by atoms with Crippen LogP contribution in [0.4, 0.5) is 5.69 Å². The Bertz CT molecular complexity index is 323. The average Bonchev–Trinajstić information content (AvgIpc) is 2.66. The maximum absolute atomic E-state index is 9.57. The maximum atomic E-state index is 9.57. The Morgan fingerprint density at radius 1 is 1.73 bits per heavy atom. The van der Waals surface area contributed by atoms with Crippen molar-refractivity contribution in [3.8, 4) is 0 Å². The highest BCUT2D eigenvalue weighted by Crippen LogP contribution is 2.42. The van der Waals surface area contributed by atoms with Gasteiger partial charge < -0.3 is 15.6 Å². The molecular weight excluding hydrogens is 234 g/mol. The number of hydrogen-bond acceptors (Lipinski definition) is 6. The van der Waals surface area contributed by atoms with Gasteiger partial charge in [0.05, 0.1) is 5.69 Å². The molecule has 0 saturated carbocycles. The highest BCUT2D eigenvalue weighted by Gasteiger charge is 2.10. The summed E-state index contributed by atoms with van der Waals surface area (Å²) in [6.45, 7) is 1.42. The summed E-state index contributed by atoms with van der Waals surface area (Å²) in [6.07, 6.45) is 1.80. The first-order chi connectivity index (χ1) is 7.11. The Hall–Kier alpha value is -0.920. The van der Waals surface area contributed by atoms with Crippen molar-refractivity contribution >= 4 is 33.4 Å². The summed E-state index contributed by atoms with van der Waals surface area (Å²) in [7, 11) is 3.27. The van der Waals surface area contributed by atoms with E-state index in [9.17, 15) is 4.79 Å². The van der Waals surface area contributed by atoms with Crippen LogP contribution in [0.5, 0.6) is 0 Å². The van der Waals surface area contributed by atoms with E-state index in [1.807, 2.05) is 12.1 Å². The lowest BCUT2D eigenvalue weighted by Gasteiger charge is -1.90. The highest BCUT2D eigenvalue weighted by atomic mass is 33.1. The molecule has 0 fully saturated rings. The van der Waals surface area contributed by atoms with Crippen molar-refractivity contribution in [2.24, 2.45) is 5.73 Å². The van der Waals surface area contributed by atoms with E-state index in [1.165, 1.54) is 6.92 Å². The first-order valence-electron chi connectivity index (χ1n) is 4.14. The SMILES string of the molecule is CC(N)C(=O)O.c1cnc2c(c1)NSS2. The third kappa shape index (κ3) is 3.98. The number of carboxylic acid groups (broad SMARTS) is 1. The van der Waals surface area contributed by atoms with Crippen LogP contribution < -0.4 is 10.5 Å². The number of rotatable bonds is 1. The molecule has 2 heterocycles. The number of nitrogens with zero attached hydrogens (tertiary/aromatic N) is 1. The van der Waals surface area contributed by atoms with Gasteiger partial charge in [0.1, 0.15) is 11.1 Å². The molecular formula is C8H11N3O2S2. The van der Waals surface area contributed by atoms with Crippen LogP contribution in [-0.2, 0) is 4.79 Å². The van der Waals surface area contributed by atoms with Gasteiger partial charge in [0.15, 0.2) is 0 Å². The van der Waals surface area contributed by atoms with Crippen LogP contribution in [0.3, 0.4) is 0 Å². The van der Waals surface area contributed by atoms with E-state index in [1.54, 1.807) is 28.0 Å². The molecule has 1 aliphatic rings. The quantitative estimate of drug-likeness (QED) is 0.511. The second-order valence-electron chi connectivity index (χ2n) is 2.75. The van der Waals surface area contributed by atoms with E-state index in [0.717, 1.165) is 10.7 Å². The van der Waals surface area contributed by atoms with Crippen LogP contribution >= 0.6 is 21.8 Å². The van der Waals surface area contributed by atoms with Crippen molar-refractivity contribution in [1.82, 2.24) is 4.98 Å². The lowest BCUT2D eigenvalue weighted by atomic mass is 10.4. The minimum atomic E-state index is -0.963. The van der Waals surface area contributed by atoms with E-state index in [4.69, 9.17) is 10.8 Å². The molecule has 15 heavy (non-hydrogen) atoms. The molecule has 0 aromatic carbocycles. The Labute approximate surface area is 95.4 Å². The number of nitrogens with one attached hydrogen (secondary N) is 1. The molecule has 0 amide bonds. The smallest absolute Gasteiger partial charge is 0.320 e. The van der Waals surface area contributed by atoms with Crippen molar-refractivity contribution in [2.75, 3.05) is 4.72 Å². The molecule has 1 aromatic heterocycles. The number of fused-ring (bicyclic) bond motifs is 1. The van der Waals surface area contributed by atoms with Gasteiger partial charge in [-0.05, 0) is 29.9 Å². The molecule has 82 valence electrons. The second-order valence-corrected chi connectivity index (χ2v) is 4.68. The van der Waals surface area contributed by atoms with Gasteiger partial charge in [0.25, 0.3) is 0 Å². The zero-order chi connectivity index (χ0) is 11.3. The largest absolute Gasteiger partial charge is 0.480 e. The zero-order valence-electron chi connectivity index (χ0n) is 8.01. The van der Waals surface area contributed by atoms with E-state index < -0.39 is 12.0 Å². The zero-order valence-corrected chi connectivity index (χ0v) is 9.64. The lowest BCUT2D eigenvalue weighted by Crippen LogP contribution is -2.25. The van der Waals surface area contributed by atoms with Crippen molar-refractivity contribution in [3.63, 3.8) is 0 Å². The van der Waals surface area contributed by atoms with E-state index >= 15 is 0 Å². The van der Waals surface area contributed by atoms with Gasteiger partial charge in [-0.2, -0.15) is 0 Å². The topological polar surface area (TPSA) is 88.2 Å². The third-order valence-electron chi connectivity index (χ3n) is 1.43. The summed E-state index contributed by atoms with van der Waals surface area (Å²) in [5.41, 5.74) is 5.97. The molecule has 5 nitrogen and oxygen atoms in total. The number of carbonyl (C=O) groups is 1. The molecule has 0 spiro atoms. The molecule has 0 aliphatic carbocycles. The standard InChI is InChI=1S/C5H4N2S2.C3H7NO2/c1-2-4-5(6-3-1)8-9-7-4;1-2(4)3(5)6/h1-3,7H;2H,4H2,1H3,(H,5,6). The number of anilines is 1. The summed E-state index contributed by atoms with van der Waals surface area (Å²) in [5, 5.41) is 8.95. The van der Waals surface area contributed by atoms with E-state index in [2.05, 4.69) is 9.71 Å². The van der Waals surface area contributed by atoms with E-state index in [-0.39, 0.29) is 0 Å². The molecule has 1 unspecified atom stereocenters. The fourth-order valence-corrected chi connectivity index (χ4v) is 2.42. The fraction of sp³-hybridized carbons (Fsp3) is 0.250. The van der Waals surface area contributed by atoms with Crippen molar-refractivity contribution in [2.45, 2.75) is 18.0 Å². The first kappa shape index (κ1) is 12.2. The molecule has 2 rings (SSSR count). The number of hydrogen-bond donors (Lipinski definition) is 3. The third-order valence-corrected chi connectivity index (χ3v) is 3.28. The van der Waals surface area contributed by atoms with Crippen LogP contribution in [-0.4, -0.2) is 22.1 Å². The van der Waals surface area contributed by atoms with Crippen LogP contribution in [0.15, 0.2) is 23.4 Å². The molecule has 7 heteroatoms. The molecule has 0 radical (unpaired) electrons. The minimum absolute atomic E-state index is 0.731. The van der Waals surface area contributed by atoms with Gasteiger partial charge in [-0.25, -0.2) is 4.98 Å². The number of aliphatic carboxylic acids is 1. The maximum Gasteiger partial charge on any atom is 0.320 e. The van der Waals surface area contributed by atoms with Crippen molar-refractivity contribution in [1.29, 1.82) is 0 Å². The predicted octanol–water partition coefficient (Wildman–Crippen LogP) is 1.58. The minimum Gasteiger partial charge on any atom is -0.480 e. The van der Waals surface area contributed by atoms with Gasteiger partial charge in [-0.1, -0.05) is 0 Å². The van der Waals surface area contributed by atoms with Crippen LogP contribution in [0.2, 0.25) is 0 Å². The molecule has 0 bridgehead atoms. The molecule has 1 atom stereocenters. The van der Waals surface area contributed by atoms with Crippen LogP contribution in [0, 0.1) is 0 Å². The van der Waals surface area contributed by atoms with Gasteiger partial charge in [0, 0.05) is 17.2 Å². The lowest BCUT2D eigenvalue weighted by molar-refractivity contribution is -0.138. The normalized spacial score (nSPS) is 14.3. The molecule has 1 aromatic rings. The Balaban J connectivity index is 0.000000167. The molecule has 4 N–H and O–H groups in total. The van der Waals surface area contributed by atoms with Gasteiger partial charge >= 0.3 is 5.97 Å². The summed E-state index contributed by atoms with van der Waals surface area (Å²) >= 11 is 0. The molecule has 0 saturated heterocycles. The van der Waals surface area contributed by atoms with Gasteiger partial charge in [-0.3, -0.25) is 4.79 Å². The Morgan fingerprint density at radius 2 is 2.40 bits per heavy atom. The number of pyridine rings is 1. The number of aromatic nitrogens is 1. The van der Waals surface area contributed by atoms with Crippen LogP contribution in [0.25, 0.3) is 0 Å². The highest BCUT2D eigenvalue weighted by molar-refractivity contribution is 8.77. The summed E-state index contributed by atoms with van der Waals surface area (Å²) in [6, 6.07) is 3.22. The van der Waals surface area contributed by atoms with Crippen molar-refractivity contribution in [3.05, 3.63) is 18.3 Å². The second kappa shape index (κ2) is 5.84. The van der Waals surface area contributed by atoms with Crippen LogP contribution in [0.1, 0.15) is 6.92 Å². The van der Waals surface area contributed by atoms with Crippen molar-refractivity contribution < 1.29 is 9.90 Å². The number of nitrogens with two attached hydrogens (primary N) is 1. The number of carboxylic acids is 1. The molecule has 1 aliphatic heterocycles. The monoisotopic (exact) mass is 245 g/mol. The summed E-state index contributed by atoms with van der Waals surface area (Å²) in [5.74, 6) is -0.963. The fourth-order valence-electron chi connectivity index (χ4n) is 0.640. The predicted molar refractivity (Wildman–Crippen MR) is 62.6 cm³/mol.